The summed E-state index contributed by atoms with van der Waals surface area (Å²) >= 11 is 0. The van der Waals surface area contributed by atoms with E-state index >= 15 is 0 Å². The number of imidazole rings is 1. The second-order valence-corrected chi connectivity index (χ2v) is 3.94. The van der Waals surface area contributed by atoms with Crippen molar-refractivity contribution in [3.63, 3.8) is 0 Å². The van der Waals surface area contributed by atoms with Gasteiger partial charge in [0.2, 0.25) is 5.91 Å². The Hall–Kier alpha value is -1.98. The van der Waals surface area contributed by atoms with Crippen molar-refractivity contribution in [1.29, 1.82) is 0 Å². The molecule has 2 N–H and O–H groups in total. The third kappa shape index (κ3) is 1.73. The number of rotatable bonds is 3. The van der Waals surface area contributed by atoms with Crippen molar-refractivity contribution in [3.05, 3.63) is 18.3 Å². The van der Waals surface area contributed by atoms with Crippen LogP contribution in [0.25, 0.3) is 11.2 Å². The summed E-state index contributed by atoms with van der Waals surface area (Å²) in [5, 5.41) is 2.93. The van der Waals surface area contributed by atoms with E-state index in [-0.39, 0.29) is 12.3 Å². The molecule has 2 aromatic heterocycles. The van der Waals surface area contributed by atoms with Crippen molar-refractivity contribution < 1.29 is 4.79 Å². The van der Waals surface area contributed by atoms with Gasteiger partial charge in [-0.25, -0.2) is 15.0 Å². The molecule has 0 atom stereocenters. The molecule has 6 heteroatoms. The predicted molar refractivity (Wildman–Crippen MR) is 56.6 cm³/mol. The molecule has 0 aromatic carbocycles. The third-order valence-corrected chi connectivity index (χ3v) is 2.57. The van der Waals surface area contributed by atoms with Gasteiger partial charge in [-0.1, -0.05) is 0 Å². The van der Waals surface area contributed by atoms with Crippen LogP contribution < -0.4 is 5.32 Å². The lowest BCUT2D eigenvalue weighted by atomic mass is 10.2. The molecule has 2 heterocycles. The van der Waals surface area contributed by atoms with Crippen LogP contribution in [-0.4, -0.2) is 31.9 Å². The van der Waals surface area contributed by atoms with E-state index in [9.17, 15) is 4.79 Å². The highest BCUT2D eigenvalue weighted by Crippen LogP contribution is 2.19. The number of nitrogens with one attached hydrogen (secondary N) is 2. The van der Waals surface area contributed by atoms with E-state index in [1.54, 1.807) is 6.33 Å². The lowest BCUT2D eigenvalue weighted by Crippen LogP contribution is -2.27. The molecule has 1 saturated carbocycles. The summed E-state index contributed by atoms with van der Waals surface area (Å²) in [5.41, 5.74) is 2.04. The molecule has 0 unspecified atom stereocenters. The molecule has 2 aromatic rings. The second kappa shape index (κ2) is 3.55. The van der Waals surface area contributed by atoms with Crippen LogP contribution in [0.2, 0.25) is 0 Å². The van der Waals surface area contributed by atoms with Gasteiger partial charge in [0.15, 0.2) is 5.65 Å². The normalized spacial score (nSPS) is 15.2. The van der Waals surface area contributed by atoms with E-state index < -0.39 is 0 Å². The summed E-state index contributed by atoms with van der Waals surface area (Å²) in [6.45, 7) is 0. The monoisotopic (exact) mass is 217 g/mol. The molecule has 1 amide bonds. The number of hydrogen-bond acceptors (Lipinski definition) is 4. The molecule has 0 saturated heterocycles. The standard InChI is InChI=1S/C10H11N5O/c16-8(15-6-1-2-6)3-7-9-10(13-4-11-7)14-5-12-9/h4-6H,1-3H2,(H,15,16)(H,11,12,13,14). The Morgan fingerprint density at radius 3 is 3.12 bits per heavy atom. The molecule has 0 aliphatic heterocycles. The first-order chi connectivity index (χ1) is 7.83. The fourth-order valence-corrected chi connectivity index (χ4v) is 1.61. The zero-order valence-corrected chi connectivity index (χ0v) is 8.60. The minimum Gasteiger partial charge on any atom is -0.353 e. The van der Waals surface area contributed by atoms with Gasteiger partial charge < -0.3 is 10.3 Å². The lowest BCUT2D eigenvalue weighted by Gasteiger charge is -2.02. The van der Waals surface area contributed by atoms with Crippen LogP contribution in [0, 0.1) is 0 Å². The topological polar surface area (TPSA) is 83.6 Å². The molecule has 0 radical (unpaired) electrons. The van der Waals surface area contributed by atoms with Gasteiger partial charge >= 0.3 is 0 Å². The second-order valence-electron chi connectivity index (χ2n) is 3.94. The molecule has 16 heavy (non-hydrogen) atoms. The number of aromatic amines is 1. The minimum absolute atomic E-state index is 0.0112. The summed E-state index contributed by atoms with van der Waals surface area (Å²) in [5.74, 6) is 0.0112. The first-order valence-electron chi connectivity index (χ1n) is 5.25. The first-order valence-corrected chi connectivity index (χ1v) is 5.25. The van der Waals surface area contributed by atoms with E-state index in [4.69, 9.17) is 0 Å². The fourth-order valence-electron chi connectivity index (χ4n) is 1.61. The van der Waals surface area contributed by atoms with Crippen molar-refractivity contribution in [3.8, 4) is 0 Å². The number of nitrogens with zero attached hydrogens (tertiary/aromatic N) is 3. The van der Waals surface area contributed by atoms with E-state index in [1.807, 2.05) is 0 Å². The summed E-state index contributed by atoms with van der Waals surface area (Å²) in [7, 11) is 0. The van der Waals surface area contributed by atoms with Gasteiger partial charge in [-0.05, 0) is 12.8 Å². The van der Waals surface area contributed by atoms with Gasteiger partial charge in [-0.3, -0.25) is 4.79 Å². The van der Waals surface area contributed by atoms with Crippen LogP contribution in [0.1, 0.15) is 18.5 Å². The molecule has 3 rings (SSSR count). The fraction of sp³-hybridized carbons (Fsp3) is 0.400. The zero-order valence-electron chi connectivity index (χ0n) is 8.60. The number of H-pyrrole nitrogens is 1. The van der Waals surface area contributed by atoms with E-state index in [0.29, 0.717) is 17.4 Å². The van der Waals surface area contributed by atoms with Gasteiger partial charge in [0.1, 0.15) is 11.8 Å². The molecule has 1 aliphatic rings. The maximum Gasteiger partial charge on any atom is 0.226 e. The molecule has 1 fully saturated rings. The van der Waals surface area contributed by atoms with Gasteiger partial charge in [-0.2, -0.15) is 0 Å². The molecule has 6 nitrogen and oxygen atoms in total. The van der Waals surface area contributed by atoms with Crippen LogP contribution in [0.4, 0.5) is 0 Å². The van der Waals surface area contributed by atoms with Crippen molar-refractivity contribution in [1.82, 2.24) is 25.3 Å². The van der Waals surface area contributed by atoms with Crippen molar-refractivity contribution in [2.75, 3.05) is 0 Å². The Kier molecular flexibility index (Phi) is 2.05. The Balaban J connectivity index is 1.82. The lowest BCUT2D eigenvalue weighted by molar-refractivity contribution is -0.120. The zero-order chi connectivity index (χ0) is 11.0. The Labute approximate surface area is 91.5 Å². The predicted octanol–water partition coefficient (Wildman–Crippen LogP) is 0.174. The van der Waals surface area contributed by atoms with Gasteiger partial charge in [-0.15, -0.1) is 0 Å². The smallest absolute Gasteiger partial charge is 0.226 e. The molecule has 82 valence electrons. The van der Waals surface area contributed by atoms with Crippen LogP contribution in [0.3, 0.4) is 0 Å². The molecular weight excluding hydrogens is 206 g/mol. The SMILES string of the molecule is O=C(Cc1ncnc2nc[nH]c12)NC1CC1. The maximum absolute atomic E-state index is 11.6. The minimum atomic E-state index is 0.0112. The number of amides is 1. The van der Waals surface area contributed by atoms with Crippen LogP contribution in [-0.2, 0) is 11.2 Å². The number of hydrogen-bond donors (Lipinski definition) is 2. The number of carbonyl (C=O) groups is 1. The average Bonchev–Trinajstić information content (AvgIpc) is 2.94. The van der Waals surface area contributed by atoms with Crippen LogP contribution in [0.15, 0.2) is 12.7 Å². The van der Waals surface area contributed by atoms with Crippen molar-refractivity contribution >= 4 is 17.1 Å². The van der Waals surface area contributed by atoms with Gasteiger partial charge in [0.05, 0.1) is 18.4 Å². The summed E-state index contributed by atoms with van der Waals surface area (Å²) in [6.07, 6.45) is 5.45. The van der Waals surface area contributed by atoms with E-state index in [2.05, 4.69) is 25.3 Å². The molecular formula is C10H11N5O. The van der Waals surface area contributed by atoms with Gasteiger partial charge in [0.25, 0.3) is 0 Å². The van der Waals surface area contributed by atoms with E-state index in [0.717, 1.165) is 18.4 Å². The molecule has 0 spiro atoms. The Morgan fingerprint density at radius 2 is 2.31 bits per heavy atom. The average molecular weight is 217 g/mol. The largest absolute Gasteiger partial charge is 0.353 e. The maximum atomic E-state index is 11.6. The van der Waals surface area contributed by atoms with E-state index in [1.165, 1.54) is 6.33 Å². The number of carbonyl (C=O) groups excluding carboxylic acids is 1. The summed E-state index contributed by atoms with van der Waals surface area (Å²) in [6, 6.07) is 0.381. The summed E-state index contributed by atoms with van der Waals surface area (Å²) in [4.78, 5) is 26.7. The summed E-state index contributed by atoms with van der Waals surface area (Å²) < 4.78 is 0. The first kappa shape index (κ1) is 9.26. The Bertz CT molecular complexity index is 531. The Morgan fingerprint density at radius 1 is 1.44 bits per heavy atom. The highest BCUT2D eigenvalue weighted by Gasteiger charge is 2.23. The third-order valence-electron chi connectivity index (χ3n) is 2.57. The highest BCUT2D eigenvalue weighted by molar-refractivity contribution is 5.83. The van der Waals surface area contributed by atoms with Crippen molar-refractivity contribution in [2.45, 2.75) is 25.3 Å². The quantitative estimate of drug-likeness (QED) is 0.767. The van der Waals surface area contributed by atoms with Gasteiger partial charge in [0, 0.05) is 6.04 Å². The molecule has 0 bridgehead atoms. The molecule has 1 aliphatic carbocycles. The van der Waals surface area contributed by atoms with Crippen LogP contribution in [0.5, 0.6) is 0 Å². The highest BCUT2D eigenvalue weighted by atomic mass is 16.1. The number of fused-ring (bicyclic) bond motifs is 1. The number of aromatic nitrogens is 4. The van der Waals surface area contributed by atoms with Crippen LogP contribution >= 0.6 is 0 Å². The van der Waals surface area contributed by atoms with Crippen molar-refractivity contribution in [2.24, 2.45) is 0 Å².